The van der Waals surface area contributed by atoms with Gasteiger partial charge in [0.05, 0.1) is 25.4 Å². The number of carbonyl (C=O) groups is 2. The van der Waals surface area contributed by atoms with Crippen molar-refractivity contribution in [1.29, 1.82) is 0 Å². The molecule has 0 bridgehead atoms. The molecule has 0 heterocycles. The van der Waals surface area contributed by atoms with Gasteiger partial charge in [0.2, 0.25) is 0 Å². The van der Waals surface area contributed by atoms with Crippen molar-refractivity contribution in [2.75, 3.05) is 38.8 Å². The third-order valence-corrected chi connectivity index (χ3v) is 2.82. The average molecular weight is 361 g/mol. The zero-order chi connectivity index (χ0) is 15.7. The predicted molar refractivity (Wildman–Crippen MR) is 80.8 cm³/mol. The van der Waals surface area contributed by atoms with Crippen molar-refractivity contribution in [3.8, 4) is 0 Å². The topological polar surface area (TPSA) is 96.9 Å². The van der Waals surface area contributed by atoms with E-state index in [1.165, 1.54) is 12.1 Å². The summed E-state index contributed by atoms with van der Waals surface area (Å²) in [5, 5.41) is 14.1. The first-order chi connectivity index (χ1) is 10.0. The number of carboxylic acids is 1. The van der Waals surface area contributed by atoms with Crippen molar-refractivity contribution < 1.29 is 24.2 Å². The quantitative estimate of drug-likeness (QED) is 0.615. The SMILES string of the molecule is COCCOCCNC(=O)Nc1cc(Br)cc(C(=O)O)c1. The van der Waals surface area contributed by atoms with E-state index in [0.717, 1.165) is 0 Å². The molecule has 2 amide bonds. The number of ether oxygens (including phenoxy) is 2. The van der Waals surface area contributed by atoms with Crippen LogP contribution in [0.2, 0.25) is 0 Å². The Bertz CT molecular complexity index is 495. The number of urea groups is 1. The molecule has 1 rings (SSSR count). The summed E-state index contributed by atoms with van der Waals surface area (Å²) in [5.41, 5.74) is 0.474. The lowest BCUT2D eigenvalue weighted by molar-refractivity contribution is 0.0697. The van der Waals surface area contributed by atoms with Crippen LogP contribution in [0.1, 0.15) is 10.4 Å². The summed E-state index contributed by atoms with van der Waals surface area (Å²) in [6.45, 7) is 1.68. The molecular formula is C13H17BrN2O5. The molecule has 0 saturated carbocycles. The second-order valence-corrected chi connectivity index (χ2v) is 4.94. The number of hydrogen-bond acceptors (Lipinski definition) is 4. The number of rotatable bonds is 8. The maximum atomic E-state index is 11.6. The summed E-state index contributed by atoms with van der Waals surface area (Å²) >= 11 is 3.19. The van der Waals surface area contributed by atoms with E-state index in [1.807, 2.05) is 0 Å². The van der Waals surface area contributed by atoms with Crippen molar-refractivity contribution in [3.63, 3.8) is 0 Å². The maximum Gasteiger partial charge on any atom is 0.335 e. The molecule has 1 aromatic carbocycles. The van der Waals surface area contributed by atoms with Crippen LogP contribution in [-0.4, -0.2) is 50.6 Å². The van der Waals surface area contributed by atoms with Gasteiger partial charge in [-0.3, -0.25) is 0 Å². The molecule has 116 valence electrons. The first-order valence-corrected chi connectivity index (χ1v) is 6.97. The van der Waals surface area contributed by atoms with Crippen LogP contribution < -0.4 is 10.6 Å². The van der Waals surface area contributed by atoms with Crippen LogP contribution in [0.3, 0.4) is 0 Å². The van der Waals surface area contributed by atoms with Gasteiger partial charge in [0.25, 0.3) is 0 Å². The van der Waals surface area contributed by atoms with Crippen LogP contribution in [0.25, 0.3) is 0 Å². The normalized spacial score (nSPS) is 10.2. The predicted octanol–water partition coefficient (Wildman–Crippen LogP) is 1.93. The minimum atomic E-state index is -1.06. The highest BCUT2D eigenvalue weighted by Gasteiger charge is 2.08. The Morgan fingerprint density at radius 2 is 2.00 bits per heavy atom. The van der Waals surface area contributed by atoms with Crippen molar-refractivity contribution in [2.45, 2.75) is 0 Å². The Hall–Kier alpha value is -1.64. The lowest BCUT2D eigenvalue weighted by Crippen LogP contribution is -2.31. The van der Waals surface area contributed by atoms with E-state index in [9.17, 15) is 9.59 Å². The van der Waals surface area contributed by atoms with Gasteiger partial charge in [0, 0.05) is 23.8 Å². The molecule has 21 heavy (non-hydrogen) atoms. The van der Waals surface area contributed by atoms with E-state index in [1.54, 1.807) is 13.2 Å². The number of methoxy groups -OCH3 is 1. The number of anilines is 1. The smallest absolute Gasteiger partial charge is 0.335 e. The van der Waals surface area contributed by atoms with Gasteiger partial charge in [-0.1, -0.05) is 15.9 Å². The maximum absolute atomic E-state index is 11.6. The molecule has 0 aliphatic carbocycles. The van der Waals surface area contributed by atoms with Crippen LogP contribution in [0, 0.1) is 0 Å². The van der Waals surface area contributed by atoms with E-state index >= 15 is 0 Å². The van der Waals surface area contributed by atoms with Gasteiger partial charge < -0.3 is 25.2 Å². The fraction of sp³-hybridized carbons (Fsp3) is 0.385. The van der Waals surface area contributed by atoms with Crippen LogP contribution in [0.4, 0.5) is 10.5 Å². The third-order valence-electron chi connectivity index (χ3n) is 2.37. The summed E-state index contributed by atoms with van der Waals surface area (Å²) in [7, 11) is 1.58. The highest BCUT2D eigenvalue weighted by molar-refractivity contribution is 9.10. The van der Waals surface area contributed by atoms with Gasteiger partial charge in [0.15, 0.2) is 0 Å². The summed E-state index contributed by atoms with van der Waals surface area (Å²) in [6.07, 6.45) is 0. The molecule has 0 aliphatic heterocycles. The van der Waals surface area contributed by atoms with Gasteiger partial charge in [-0.2, -0.15) is 0 Å². The van der Waals surface area contributed by atoms with Gasteiger partial charge in [-0.05, 0) is 18.2 Å². The molecule has 1 aromatic rings. The number of amides is 2. The van der Waals surface area contributed by atoms with Gasteiger partial charge in [0.1, 0.15) is 0 Å². The van der Waals surface area contributed by atoms with E-state index < -0.39 is 12.0 Å². The van der Waals surface area contributed by atoms with E-state index in [2.05, 4.69) is 26.6 Å². The molecule has 0 aliphatic rings. The number of hydrogen-bond donors (Lipinski definition) is 3. The van der Waals surface area contributed by atoms with Crippen molar-refractivity contribution in [1.82, 2.24) is 5.32 Å². The standard InChI is InChI=1S/C13H17BrN2O5/c1-20-4-5-21-3-2-15-13(19)16-11-7-9(12(17)18)6-10(14)8-11/h6-8H,2-5H2,1H3,(H,17,18)(H2,15,16,19). The van der Waals surface area contributed by atoms with Crippen LogP contribution in [0.5, 0.6) is 0 Å². The number of nitrogens with one attached hydrogen (secondary N) is 2. The van der Waals surface area contributed by atoms with Crippen LogP contribution in [-0.2, 0) is 9.47 Å². The number of carbonyl (C=O) groups excluding carboxylic acids is 1. The molecule has 7 nitrogen and oxygen atoms in total. The van der Waals surface area contributed by atoms with E-state index in [0.29, 0.717) is 36.5 Å². The Labute approximate surface area is 130 Å². The molecule has 0 radical (unpaired) electrons. The largest absolute Gasteiger partial charge is 0.478 e. The second kappa shape index (κ2) is 9.32. The zero-order valence-electron chi connectivity index (χ0n) is 11.5. The number of carboxylic acid groups (broad SMARTS) is 1. The van der Waals surface area contributed by atoms with E-state index in [4.69, 9.17) is 14.6 Å². The number of halogens is 1. The molecule has 0 atom stereocenters. The van der Waals surface area contributed by atoms with Gasteiger partial charge >= 0.3 is 12.0 Å². The Morgan fingerprint density at radius 1 is 1.24 bits per heavy atom. The highest BCUT2D eigenvalue weighted by Crippen LogP contribution is 2.19. The summed E-state index contributed by atoms with van der Waals surface area (Å²) in [4.78, 5) is 22.5. The molecule has 8 heteroatoms. The monoisotopic (exact) mass is 360 g/mol. The Morgan fingerprint density at radius 3 is 2.67 bits per heavy atom. The third kappa shape index (κ3) is 7.07. The number of aromatic carboxylic acids is 1. The number of benzene rings is 1. The Kier molecular flexibility index (Phi) is 7.73. The minimum absolute atomic E-state index is 0.0857. The van der Waals surface area contributed by atoms with Gasteiger partial charge in [-0.15, -0.1) is 0 Å². The lowest BCUT2D eigenvalue weighted by atomic mass is 10.2. The summed E-state index contributed by atoms with van der Waals surface area (Å²) in [6, 6.07) is 4.01. The van der Waals surface area contributed by atoms with Crippen molar-refractivity contribution in [2.24, 2.45) is 0 Å². The average Bonchev–Trinajstić information content (AvgIpc) is 2.42. The molecule has 0 unspecified atom stereocenters. The van der Waals surface area contributed by atoms with Crippen LogP contribution >= 0.6 is 15.9 Å². The van der Waals surface area contributed by atoms with Crippen LogP contribution in [0.15, 0.2) is 22.7 Å². The van der Waals surface area contributed by atoms with Crippen molar-refractivity contribution >= 4 is 33.6 Å². The first kappa shape index (κ1) is 17.4. The molecule has 0 fully saturated rings. The fourth-order valence-electron chi connectivity index (χ4n) is 1.44. The fourth-order valence-corrected chi connectivity index (χ4v) is 1.93. The zero-order valence-corrected chi connectivity index (χ0v) is 13.1. The molecular weight excluding hydrogens is 344 g/mol. The molecule has 0 saturated heterocycles. The summed E-state index contributed by atoms with van der Waals surface area (Å²) in [5.74, 6) is -1.06. The van der Waals surface area contributed by atoms with Gasteiger partial charge in [-0.25, -0.2) is 9.59 Å². The van der Waals surface area contributed by atoms with Crippen molar-refractivity contribution in [3.05, 3.63) is 28.2 Å². The Balaban J connectivity index is 2.39. The molecule has 0 aromatic heterocycles. The minimum Gasteiger partial charge on any atom is -0.478 e. The first-order valence-electron chi connectivity index (χ1n) is 6.18. The molecule has 0 spiro atoms. The highest BCUT2D eigenvalue weighted by atomic mass is 79.9. The summed E-state index contributed by atoms with van der Waals surface area (Å²) < 4.78 is 10.6. The van der Waals surface area contributed by atoms with E-state index in [-0.39, 0.29) is 5.56 Å². The second-order valence-electron chi connectivity index (χ2n) is 4.02. The lowest BCUT2D eigenvalue weighted by Gasteiger charge is -2.09. The molecule has 3 N–H and O–H groups in total.